The van der Waals surface area contributed by atoms with Crippen molar-refractivity contribution in [2.45, 2.75) is 39.0 Å². The fourth-order valence-electron chi connectivity index (χ4n) is 2.30. The molecule has 0 amide bonds. The number of rotatable bonds is 4. The molecule has 17 heavy (non-hydrogen) atoms. The monoisotopic (exact) mass is 255 g/mol. The van der Waals surface area contributed by atoms with Gasteiger partial charge in [0.25, 0.3) is 0 Å². The molecule has 0 saturated heterocycles. The number of aromatic nitrogens is 1. The van der Waals surface area contributed by atoms with Gasteiger partial charge in [-0.3, -0.25) is 10.1 Å². The molecule has 0 spiro atoms. The number of hydrogen-bond acceptors (Lipinski definition) is 5. The van der Waals surface area contributed by atoms with Crippen LogP contribution in [-0.4, -0.2) is 16.5 Å². The van der Waals surface area contributed by atoms with Gasteiger partial charge in [-0.25, -0.2) is 4.98 Å². The average Bonchev–Trinajstić information content (AvgIpc) is 2.76. The summed E-state index contributed by atoms with van der Waals surface area (Å²) in [5.74, 6) is 0. The van der Waals surface area contributed by atoms with Crippen LogP contribution in [0.4, 0.5) is 10.1 Å². The lowest BCUT2D eigenvalue weighted by Gasteiger charge is -2.33. The van der Waals surface area contributed by atoms with Gasteiger partial charge in [-0.1, -0.05) is 26.2 Å². The molecule has 1 saturated carbocycles. The molecule has 0 atom stereocenters. The Morgan fingerprint density at radius 1 is 1.53 bits per heavy atom. The first-order valence-corrected chi connectivity index (χ1v) is 6.75. The second kappa shape index (κ2) is 5.00. The predicted molar refractivity (Wildman–Crippen MR) is 68.5 cm³/mol. The first-order chi connectivity index (χ1) is 8.09. The predicted octanol–water partition coefficient (Wildman–Crippen LogP) is 3.43. The van der Waals surface area contributed by atoms with E-state index < -0.39 is 4.92 Å². The average molecular weight is 255 g/mol. The van der Waals surface area contributed by atoms with Crippen LogP contribution in [0.1, 0.15) is 39.0 Å². The maximum absolute atomic E-state index is 10.5. The zero-order chi connectivity index (χ0) is 12.3. The van der Waals surface area contributed by atoms with E-state index in [0.29, 0.717) is 10.5 Å². The molecule has 1 aromatic rings. The normalized spacial score (nSPS) is 18.9. The minimum atomic E-state index is -0.398. The van der Waals surface area contributed by atoms with Gasteiger partial charge in [0.1, 0.15) is 6.20 Å². The Balaban J connectivity index is 1.90. The van der Waals surface area contributed by atoms with Gasteiger partial charge in [-0.15, -0.1) is 0 Å². The van der Waals surface area contributed by atoms with Gasteiger partial charge in [0.05, 0.1) is 4.92 Å². The largest absolute Gasteiger partial charge is 0.361 e. The summed E-state index contributed by atoms with van der Waals surface area (Å²) >= 11 is 1.11. The smallest absolute Gasteiger partial charge is 0.345 e. The van der Waals surface area contributed by atoms with Crippen molar-refractivity contribution in [3.63, 3.8) is 0 Å². The lowest BCUT2D eigenvalue weighted by molar-refractivity contribution is -0.380. The summed E-state index contributed by atoms with van der Waals surface area (Å²) in [7, 11) is 0. The molecule has 1 aliphatic carbocycles. The van der Waals surface area contributed by atoms with E-state index in [9.17, 15) is 10.1 Å². The number of nitro groups is 1. The summed E-state index contributed by atoms with van der Waals surface area (Å²) < 4.78 is 0. The van der Waals surface area contributed by atoms with Crippen molar-refractivity contribution in [1.29, 1.82) is 0 Å². The lowest BCUT2D eigenvalue weighted by Crippen LogP contribution is -2.28. The van der Waals surface area contributed by atoms with Gasteiger partial charge in [0.2, 0.25) is 0 Å². The Morgan fingerprint density at radius 2 is 2.24 bits per heavy atom. The van der Waals surface area contributed by atoms with E-state index in [2.05, 4.69) is 17.2 Å². The number of anilines is 1. The molecule has 6 heteroatoms. The van der Waals surface area contributed by atoms with Crippen molar-refractivity contribution in [1.82, 2.24) is 4.98 Å². The van der Waals surface area contributed by atoms with Crippen molar-refractivity contribution in [3.05, 3.63) is 16.3 Å². The number of nitrogens with zero attached hydrogens (tertiary/aromatic N) is 2. The van der Waals surface area contributed by atoms with Crippen molar-refractivity contribution < 1.29 is 4.92 Å². The van der Waals surface area contributed by atoms with Crippen molar-refractivity contribution in [3.8, 4) is 0 Å². The topological polar surface area (TPSA) is 68.1 Å². The summed E-state index contributed by atoms with van der Waals surface area (Å²) in [6.07, 6.45) is 7.68. The first-order valence-electron chi connectivity index (χ1n) is 5.93. The summed E-state index contributed by atoms with van der Waals surface area (Å²) in [4.78, 5) is 14.2. The van der Waals surface area contributed by atoms with Gasteiger partial charge in [-0.05, 0) is 29.6 Å². The molecule has 5 nitrogen and oxygen atoms in total. The molecule has 0 aromatic carbocycles. The molecule has 1 N–H and O–H groups in total. The highest BCUT2D eigenvalue weighted by molar-refractivity contribution is 7.18. The van der Waals surface area contributed by atoms with E-state index in [1.54, 1.807) is 0 Å². The second-order valence-corrected chi connectivity index (χ2v) is 5.99. The molecule has 0 bridgehead atoms. The zero-order valence-electron chi connectivity index (χ0n) is 9.94. The summed E-state index contributed by atoms with van der Waals surface area (Å²) in [6, 6.07) is 0. The van der Waals surface area contributed by atoms with E-state index >= 15 is 0 Å². The van der Waals surface area contributed by atoms with Crippen LogP contribution >= 0.6 is 11.3 Å². The Labute approximate surface area is 104 Å². The Morgan fingerprint density at radius 3 is 2.82 bits per heavy atom. The summed E-state index contributed by atoms with van der Waals surface area (Å²) in [5, 5.41) is 14.5. The van der Waals surface area contributed by atoms with E-state index in [0.717, 1.165) is 17.9 Å². The lowest BCUT2D eigenvalue weighted by atomic mass is 9.76. The van der Waals surface area contributed by atoms with Crippen LogP contribution in [0.25, 0.3) is 0 Å². The van der Waals surface area contributed by atoms with Gasteiger partial charge >= 0.3 is 5.00 Å². The Hall–Kier alpha value is -1.17. The van der Waals surface area contributed by atoms with E-state index in [1.807, 2.05) is 0 Å². The minimum absolute atomic E-state index is 0.0984. The Kier molecular flexibility index (Phi) is 3.61. The van der Waals surface area contributed by atoms with Crippen LogP contribution in [0.15, 0.2) is 6.20 Å². The summed E-state index contributed by atoms with van der Waals surface area (Å²) in [6.45, 7) is 3.14. The number of thiazole rings is 1. The van der Waals surface area contributed by atoms with Crippen LogP contribution in [0.5, 0.6) is 0 Å². The highest BCUT2D eigenvalue weighted by atomic mass is 32.1. The number of nitrogens with one attached hydrogen (secondary N) is 1. The minimum Gasteiger partial charge on any atom is -0.361 e. The molecule has 2 rings (SSSR count). The SMILES string of the molecule is CC1(CNc2ncc([N+](=O)[O-])s2)CCCCC1. The van der Waals surface area contributed by atoms with Crippen LogP contribution in [0.3, 0.4) is 0 Å². The molecule has 1 aromatic heterocycles. The first kappa shape index (κ1) is 12.3. The van der Waals surface area contributed by atoms with Crippen molar-refractivity contribution in [2.75, 3.05) is 11.9 Å². The zero-order valence-corrected chi connectivity index (χ0v) is 10.8. The van der Waals surface area contributed by atoms with Gasteiger partial charge in [-0.2, -0.15) is 0 Å². The fourth-order valence-corrected chi connectivity index (χ4v) is 2.93. The molecule has 0 aliphatic heterocycles. The third-order valence-electron chi connectivity index (χ3n) is 3.40. The molecule has 1 fully saturated rings. The highest BCUT2D eigenvalue weighted by Crippen LogP contribution is 2.36. The molecule has 0 radical (unpaired) electrons. The quantitative estimate of drug-likeness (QED) is 0.661. The van der Waals surface area contributed by atoms with Crippen LogP contribution < -0.4 is 5.32 Å². The van der Waals surface area contributed by atoms with E-state index in [-0.39, 0.29) is 5.00 Å². The van der Waals surface area contributed by atoms with Crippen LogP contribution in [0.2, 0.25) is 0 Å². The van der Waals surface area contributed by atoms with E-state index in [4.69, 9.17) is 0 Å². The summed E-state index contributed by atoms with van der Waals surface area (Å²) in [5.41, 5.74) is 0.318. The second-order valence-electron chi connectivity index (χ2n) is 4.99. The van der Waals surface area contributed by atoms with Crippen molar-refractivity contribution >= 4 is 21.5 Å². The molecule has 94 valence electrons. The van der Waals surface area contributed by atoms with Crippen LogP contribution in [0, 0.1) is 15.5 Å². The molecule has 1 heterocycles. The standard InChI is InChI=1S/C11H17N3O2S/c1-11(5-3-2-4-6-11)8-13-10-12-7-9(17-10)14(15)16/h7H,2-6,8H2,1H3,(H,12,13). The van der Waals surface area contributed by atoms with Gasteiger partial charge < -0.3 is 5.32 Å². The number of hydrogen-bond donors (Lipinski definition) is 1. The van der Waals surface area contributed by atoms with Crippen LogP contribution in [-0.2, 0) is 0 Å². The molecule has 1 aliphatic rings. The molecular formula is C11H17N3O2S. The van der Waals surface area contributed by atoms with E-state index in [1.165, 1.54) is 38.3 Å². The fraction of sp³-hybridized carbons (Fsp3) is 0.727. The maximum atomic E-state index is 10.5. The third kappa shape index (κ3) is 3.15. The molecular weight excluding hydrogens is 238 g/mol. The van der Waals surface area contributed by atoms with Gasteiger partial charge in [0, 0.05) is 6.54 Å². The van der Waals surface area contributed by atoms with Gasteiger partial charge in [0.15, 0.2) is 5.13 Å². The highest BCUT2D eigenvalue weighted by Gasteiger charge is 2.26. The third-order valence-corrected chi connectivity index (χ3v) is 4.31. The molecule has 0 unspecified atom stereocenters. The maximum Gasteiger partial charge on any atom is 0.345 e. The Bertz CT molecular complexity index is 399. The van der Waals surface area contributed by atoms with Crippen molar-refractivity contribution in [2.24, 2.45) is 5.41 Å².